The van der Waals surface area contributed by atoms with Gasteiger partial charge in [0.25, 0.3) is 0 Å². The first kappa shape index (κ1) is 25.7. The second kappa shape index (κ2) is 11.5. The van der Waals surface area contributed by atoms with Gasteiger partial charge in [-0.25, -0.2) is 8.42 Å². The molecule has 0 fully saturated rings. The van der Waals surface area contributed by atoms with Crippen molar-refractivity contribution in [1.82, 2.24) is 10.0 Å². The van der Waals surface area contributed by atoms with Crippen molar-refractivity contribution < 1.29 is 17.9 Å². The number of carbonyl (C=O) groups excluding carboxylic acids is 1. The summed E-state index contributed by atoms with van der Waals surface area (Å²) >= 11 is 5.93. The molecule has 3 aromatic carbocycles. The third-order valence-electron chi connectivity index (χ3n) is 5.42. The van der Waals surface area contributed by atoms with E-state index in [1.807, 2.05) is 50.2 Å². The van der Waals surface area contributed by atoms with Crippen molar-refractivity contribution in [2.24, 2.45) is 0 Å². The lowest BCUT2D eigenvalue weighted by Crippen LogP contribution is -2.47. The minimum Gasteiger partial charge on any atom is -0.495 e. The summed E-state index contributed by atoms with van der Waals surface area (Å²) in [6, 6.07) is 20.4. The van der Waals surface area contributed by atoms with Crippen LogP contribution >= 0.6 is 11.6 Å². The Labute approximate surface area is 206 Å². The third-order valence-corrected chi connectivity index (χ3v) is 7.17. The van der Waals surface area contributed by atoms with Gasteiger partial charge in [0.05, 0.1) is 7.11 Å². The van der Waals surface area contributed by atoms with Crippen LogP contribution in [0.3, 0.4) is 0 Å². The van der Waals surface area contributed by atoms with Crippen molar-refractivity contribution >= 4 is 27.5 Å². The van der Waals surface area contributed by atoms with Gasteiger partial charge < -0.3 is 10.1 Å². The topological polar surface area (TPSA) is 84.5 Å². The number of amides is 1. The Hall–Kier alpha value is -2.87. The van der Waals surface area contributed by atoms with Crippen LogP contribution in [0.25, 0.3) is 0 Å². The van der Waals surface area contributed by atoms with E-state index in [0.717, 1.165) is 16.7 Å². The van der Waals surface area contributed by atoms with Gasteiger partial charge in [-0.3, -0.25) is 4.79 Å². The highest BCUT2D eigenvalue weighted by atomic mass is 35.5. The summed E-state index contributed by atoms with van der Waals surface area (Å²) in [4.78, 5) is 13.1. The molecular weight excluding hydrogens is 472 g/mol. The maximum atomic E-state index is 13.4. The molecule has 6 nitrogen and oxygen atoms in total. The van der Waals surface area contributed by atoms with Gasteiger partial charge in [-0.1, -0.05) is 74.0 Å². The fourth-order valence-corrected chi connectivity index (χ4v) is 4.99. The number of halogens is 1. The van der Waals surface area contributed by atoms with Gasteiger partial charge in [0.2, 0.25) is 15.9 Å². The molecule has 3 aromatic rings. The molecule has 1 amide bonds. The monoisotopic (exact) mass is 500 g/mol. The van der Waals surface area contributed by atoms with Crippen LogP contribution in [0.2, 0.25) is 5.02 Å². The van der Waals surface area contributed by atoms with Crippen LogP contribution in [-0.2, 0) is 27.8 Å². The van der Waals surface area contributed by atoms with E-state index in [2.05, 4.69) is 10.0 Å². The number of sulfonamides is 1. The summed E-state index contributed by atoms with van der Waals surface area (Å²) in [6.45, 7) is 4.21. The zero-order valence-corrected chi connectivity index (χ0v) is 21.0. The molecule has 8 heteroatoms. The Morgan fingerprint density at radius 1 is 0.971 bits per heavy atom. The van der Waals surface area contributed by atoms with Crippen molar-refractivity contribution in [3.8, 4) is 5.75 Å². The van der Waals surface area contributed by atoms with Crippen LogP contribution in [0, 0.1) is 0 Å². The van der Waals surface area contributed by atoms with E-state index in [9.17, 15) is 13.2 Å². The molecule has 34 heavy (non-hydrogen) atoms. The summed E-state index contributed by atoms with van der Waals surface area (Å²) in [5.74, 6) is -0.0825. The molecule has 1 atom stereocenters. The van der Waals surface area contributed by atoms with Crippen LogP contribution in [0.1, 0.15) is 36.5 Å². The smallest absolute Gasteiger partial charge is 0.245 e. The van der Waals surface area contributed by atoms with E-state index in [4.69, 9.17) is 16.3 Å². The lowest BCUT2D eigenvalue weighted by Gasteiger charge is -2.20. The molecule has 1 unspecified atom stereocenters. The second-order valence-electron chi connectivity index (χ2n) is 8.27. The highest BCUT2D eigenvalue weighted by Gasteiger charge is 2.28. The van der Waals surface area contributed by atoms with Gasteiger partial charge >= 0.3 is 0 Å². The lowest BCUT2D eigenvalue weighted by atomic mass is 10.0. The predicted molar refractivity (Wildman–Crippen MR) is 135 cm³/mol. The molecular formula is C26H29ClN2O4S. The molecule has 180 valence electrons. The van der Waals surface area contributed by atoms with Crippen LogP contribution < -0.4 is 14.8 Å². The molecule has 0 saturated heterocycles. The maximum absolute atomic E-state index is 13.4. The van der Waals surface area contributed by atoms with Crippen LogP contribution in [0.5, 0.6) is 5.75 Å². The highest BCUT2D eigenvalue weighted by Crippen LogP contribution is 2.28. The van der Waals surface area contributed by atoms with Crippen molar-refractivity contribution in [3.63, 3.8) is 0 Å². The van der Waals surface area contributed by atoms with Crippen molar-refractivity contribution in [2.45, 2.75) is 43.7 Å². The van der Waals surface area contributed by atoms with Gasteiger partial charge in [-0.05, 0) is 53.3 Å². The quantitative estimate of drug-likeness (QED) is 0.423. The summed E-state index contributed by atoms with van der Waals surface area (Å²) in [6.07, 6.45) is 0.193. The molecule has 0 bridgehead atoms. The van der Waals surface area contributed by atoms with E-state index >= 15 is 0 Å². The molecule has 0 aliphatic carbocycles. The minimum absolute atomic E-state index is 0.00441. The van der Waals surface area contributed by atoms with Gasteiger partial charge in [0, 0.05) is 11.6 Å². The largest absolute Gasteiger partial charge is 0.495 e. The van der Waals surface area contributed by atoms with Crippen molar-refractivity contribution in [3.05, 3.63) is 94.5 Å². The molecule has 0 aromatic heterocycles. The normalized spacial score (nSPS) is 12.4. The first-order chi connectivity index (χ1) is 16.2. The minimum atomic E-state index is -4.07. The number of hydrogen-bond donors (Lipinski definition) is 2. The van der Waals surface area contributed by atoms with Gasteiger partial charge in [-0.2, -0.15) is 4.72 Å². The number of ether oxygens (including phenoxy) is 1. The number of nitrogens with one attached hydrogen (secondary N) is 2. The van der Waals surface area contributed by atoms with Crippen LogP contribution in [-0.4, -0.2) is 27.5 Å². The zero-order chi connectivity index (χ0) is 24.7. The molecule has 2 N–H and O–H groups in total. The lowest BCUT2D eigenvalue weighted by molar-refractivity contribution is -0.122. The first-order valence-electron chi connectivity index (χ1n) is 11.0. The van der Waals surface area contributed by atoms with E-state index in [1.165, 1.54) is 7.11 Å². The molecule has 0 aliphatic rings. The first-order valence-corrected chi connectivity index (χ1v) is 12.8. The number of methoxy groups -OCH3 is 1. The van der Waals surface area contributed by atoms with Gasteiger partial charge in [0.15, 0.2) is 0 Å². The molecule has 3 rings (SSSR count). The SMILES string of the molecule is COc1ccc(C(C)C)cc1S(=O)(=O)NC(Cc1ccccc1)C(=O)NCc1ccc(Cl)cc1. The van der Waals surface area contributed by atoms with E-state index in [-0.39, 0.29) is 29.5 Å². The van der Waals surface area contributed by atoms with E-state index < -0.39 is 22.0 Å². The predicted octanol–water partition coefficient (Wildman–Crippen LogP) is 4.68. The number of rotatable bonds is 10. The number of benzene rings is 3. The highest BCUT2D eigenvalue weighted by molar-refractivity contribution is 7.89. The Bertz CT molecular complexity index is 1210. The molecule has 0 radical (unpaired) electrons. The Morgan fingerprint density at radius 2 is 1.65 bits per heavy atom. The standard InChI is InChI=1S/C26H29ClN2O4S/c1-18(2)21-11-14-24(33-3)25(16-21)34(31,32)29-23(15-19-7-5-4-6-8-19)26(30)28-17-20-9-12-22(27)13-10-20/h4-14,16,18,23,29H,15,17H2,1-3H3,(H,28,30). The van der Waals surface area contributed by atoms with E-state index in [0.29, 0.717) is 5.02 Å². The van der Waals surface area contributed by atoms with Gasteiger partial charge in [0.1, 0.15) is 16.7 Å². The maximum Gasteiger partial charge on any atom is 0.245 e. The zero-order valence-electron chi connectivity index (χ0n) is 19.4. The summed E-state index contributed by atoms with van der Waals surface area (Å²) in [5, 5.41) is 3.43. The third kappa shape index (κ3) is 6.82. The van der Waals surface area contributed by atoms with Crippen LogP contribution in [0.4, 0.5) is 0 Å². The molecule has 0 saturated carbocycles. The molecule has 0 aliphatic heterocycles. The Kier molecular flexibility index (Phi) is 8.72. The average molecular weight is 501 g/mol. The fourth-order valence-electron chi connectivity index (χ4n) is 3.47. The number of carbonyl (C=O) groups is 1. The van der Waals surface area contributed by atoms with Gasteiger partial charge in [-0.15, -0.1) is 0 Å². The second-order valence-corrected chi connectivity index (χ2v) is 10.4. The summed E-state index contributed by atoms with van der Waals surface area (Å²) < 4.78 is 34.7. The molecule has 0 heterocycles. The van der Waals surface area contributed by atoms with E-state index in [1.54, 1.807) is 36.4 Å². The fraction of sp³-hybridized carbons (Fsp3) is 0.269. The number of hydrogen-bond acceptors (Lipinski definition) is 4. The summed E-state index contributed by atoms with van der Waals surface area (Å²) in [7, 11) is -2.64. The molecule has 0 spiro atoms. The Morgan fingerprint density at radius 3 is 2.26 bits per heavy atom. The van der Waals surface area contributed by atoms with Crippen molar-refractivity contribution in [2.75, 3.05) is 7.11 Å². The summed E-state index contributed by atoms with van der Waals surface area (Å²) in [5.41, 5.74) is 2.54. The van der Waals surface area contributed by atoms with Crippen LogP contribution in [0.15, 0.2) is 77.7 Å². The average Bonchev–Trinajstić information content (AvgIpc) is 2.83. The Balaban J connectivity index is 1.87. The van der Waals surface area contributed by atoms with Crippen molar-refractivity contribution in [1.29, 1.82) is 0 Å².